The van der Waals surface area contributed by atoms with Crippen LogP contribution in [0.4, 0.5) is 14.9 Å². The molecule has 1 aliphatic carbocycles. The number of halogens is 1. The molecule has 0 saturated heterocycles. The number of nitrogens with one attached hydrogen (secondary N) is 1. The number of sulfonamides is 1. The highest BCUT2D eigenvalue weighted by molar-refractivity contribution is 7.92. The van der Waals surface area contributed by atoms with E-state index in [1.165, 1.54) is 24.1 Å². The van der Waals surface area contributed by atoms with Gasteiger partial charge in [0.25, 0.3) is 10.0 Å². The summed E-state index contributed by atoms with van der Waals surface area (Å²) < 4.78 is 55.2. The molecular formula is C28H30FN3O6S. The molecule has 206 valence electrons. The smallest absolute Gasteiger partial charge is 0.414 e. The van der Waals surface area contributed by atoms with Crippen LogP contribution in [-0.2, 0) is 19.5 Å². The summed E-state index contributed by atoms with van der Waals surface area (Å²) in [4.78, 5) is 26.4. The SMILES string of the molecule is COC(=O)c1ccc(C2CC2)c(S(=O)(=O)Nc2cc(C#N)c(F)cc2C2=CCCCN2C(=O)OC(C)(C)C)c1. The molecule has 0 bridgehead atoms. The van der Waals surface area contributed by atoms with Crippen molar-refractivity contribution in [1.29, 1.82) is 5.26 Å². The van der Waals surface area contributed by atoms with Gasteiger partial charge in [0.05, 0.1) is 34.5 Å². The van der Waals surface area contributed by atoms with Crippen LogP contribution in [0, 0.1) is 17.1 Å². The van der Waals surface area contributed by atoms with Crippen LogP contribution in [0.2, 0.25) is 0 Å². The van der Waals surface area contributed by atoms with Gasteiger partial charge in [0, 0.05) is 12.1 Å². The lowest BCUT2D eigenvalue weighted by atomic mass is 10.0. The van der Waals surface area contributed by atoms with E-state index in [-0.39, 0.29) is 45.4 Å². The quantitative estimate of drug-likeness (QED) is 0.464. The molecule has 2 aliphatic rings. The minimum absolute atomic E-state index is 0.0225. The number of hydrogen-bond acceptors (Lipinski definition) is 7. The predicted molar refractivity (Wildman–Crippen MR) is 142 cm³/mol. The number of esters is 1. The first-order chi connectivity index (χ1) is 18.3. The highest BCUT2D eigenvalue weighted by Crippen LogP contribution is 2.44. The Morgan fingerprint density at radius 2 is 1.90 bits per heavy atom. The lowest BCUT2D eigenvalue weighted by molar-refractivity contribution is 0.0346. The molecule has 1 N–H and O–H groups in total. The lowest BCUT2D eigenvalue weighted by Crippen LogP contribution is -2.37. The Hall–Kier alpha value is -3.91. The monoisotopic (exact) mass is 555 g/mol. The summed E-state index contributed by atoms with van der Waals surface area (Å²) in [5, 5.41) is 9.46. The van der Waals surface area contributed by atoms with E-state index >= 15 is 0 Å². The van der Waals surface area contributed by atoms with Crippen LogP contribution in [0.25, 0.3) is 5.70 Å². The molecule has 1 aliphatic heterocycles. The van der Waals surface area contributed by atoms with E-state index in [0.717, 1.165) is 25.0 Å². The van der Waals surface area contributed by atoms with Gasteiger partial charge in [0.2, 0.25) is 0 Å². The van der Waals surface area contributed by atoms with Crippen LogP contribution in [0.3, 0.4) is 0 Å². The van der Waals surface area contributed by atoms with Crippen LogP contribution >= 0.6 is 0 Å². The normalized spacial score (nSPS) is 15.7. The third-order valence-electron chi connectivity index (χ3n) is 6.32. The van der Waals surface area contributed by atoms with Crippen molar-refractivity contribution in [2.45, 2.75) is 62.9 Å². The fraction of sp³-hybridized carbons (Fsp3) is 0.393. The number of amides is 1. The highest BCUT2D eigenvalue weighted by atomic mass is 32.2. The number of anilines is 1. The maximum Gasteiger partial charge on any atom is 0.414 e. The minimum Gasteiger partial charge on any atom is -0.465 e. The molecule has 1 heterocycles. The van der Waals surface area contributed by atoms with Gasteiger partial charge in [-0.05, 0) is 82.2 Å². The Kier molecular flexibility index (Phi) is 7.70. The number of carbonyl (C=O) groups is 2. The zero-order valence-corrected chi connectivity index (χ0v) is 23.0. The first kappa shape index (κ1) is 28.1. The van der Waals surface area contributed by atoms with Gasteiger partial charge in [0.15, 0.2) is 0 Å². The second-order valence-electron chi connectivity index (χ2n) is 10.5. The molecule has 0 spiro atoms. The number of allylic oxidation sites excluding steroid dienone is 1. The second kappa shape index (κ2) is 10.7. The van der Waals surface area contributed by atoms with Crippen molar-refractivity contribution in [3.8, 4) is 6.07 Å². The second-order valence-corrected chi connectivity index (χ2v) is 12.1. The molecule has 1 saturated carbocycles. The van der Waals surface area contributed by atoms with Crippen LogP contribution in [0.1, 0.15) is 79.4 Å². The van der Waals surface area contributed by atoms with Gasteiger partial charge in [-0.15, -0.1) is 0 Å². The van der Waals surface area contributed by atoms with E-state index in [0.29, 0.717) is 18.4 Å². The largest absolute Gasteiger partial charge is 0.465 e. The van der Waals surface area contributed by atoms with E-state index in [9.17, 15) is 27.7 Å². The average Bonchev–Trinajstić information content (AvgIpc) is 3.73. The molecule has 2 aromatic rings. The number of carbonyl (C=O) groups excluding carboxylic acids is 2. The number of hydrogen-bond donors (Lipinski definition) is 1. The summed E-state index contributed by atoms with van der Waals surface area (Å²) in [6.07, 6.45) is 3.85. The fourth-order valence-electron chi connectivity index (χ4n) is 4.38. The zero-order valence-electron chi connectivity index (χ0n) is 22.2. The Balaban J connectivity index is 1.82. The zero-order chi connectivity index (χ0) is 28.5. The number of nitrogens with zero attached hydrogens (tertiary/aromatic N) is 2. The number of benzene rings is 2. The summed E-state index contributed by atoms with van der Waals surface area (Å²) in [5.74, 6) is -1.53. The van der Waals surface area contributed by atoms with Gasteiger partial charge in [-0.1, -0.05) is 12.1 Å². The first-order valence-electron chi connectivity index (χ1n) is 12.5. The van der Waals surface area contributed by atoms with Gasteiger partial charge >= 0.3 is 12.1 Å². The maximum atomic E-state index is 14.9. The summed E-state index contributed by atoms with van der Waals surface area (Å²) in [5.41, 5.74) is -0.288. The molecular weight excluding hydrogens is 525 g/mol. The third-order valence-corrected chi connectivity index (χ3v) is 7.74. The molecule has 9 nitrogen and oxygen atoms in total. The summed E-state index contributed by atoms with van der Waals surface area (Å²) >= 11 is 0. The van der Waals surface area contributed by atoms with Gasteiger partial charge in [0.1, 0.15) is 17.5 Å². The standard InChI is InChI=1S/C28H30FN3O6S/c1-28(2,3)38-27(34)32-12-6-5-7-24(32)21-15-22(29)19(16-30)13-23(21)31-39(35,36)25-14-18(26(33)37-4)10-11-20(25)17-8-9-17/h7,10-11,13-15,17,31H,5-6,8-9,12H2,1-4H3. The van der Waals surface area contributed by atoms with Crippen LogP contribution in [0.15, 0.2) is 41.3 Å². The van der Waals surface area contributed by atoms with Crippen LogP contribution < -0.4 is 4.72 Å². The van der Waals surface area contributed by atoms with Crippen molar-refractivity contribution in [3.05, 3.63) is 64.5 Å². The average molecular weight is 556 g/mol. The molecule has 1 amide bonds. The van der Waals surface area contributed by atoms with Gasteiger partial charge in [-0.3, -0.25) is 9.62 Å². The Morgan fingerprint density at radius 3 is 2.51 bits per heavy atom. The molecule has 39 heavy (non-hydrogen) atoms. The molecule has 0 radical (unpaired) electrons. The van der Waals surface area contributed by atoms with Crippen LogP contribution in [-0.4, -0.2) is 44.6 Å². The molecule has 0 atom stereocenters. The molecule has 11 heteroatoms. The van der Waals surface area contributed by atoms with Crippen molar-refractivity contribution in [3.63, 3.8) is 0 Å². The van der Waals surface area contributed by atoms with Gasteiger partial charge < -0.3 is 9.47 Å². The lowest BCUT2D eigenvalue weighted by Gasteiger charge is -2.32. The van der Waals surface area contributed by atoms with Crippen molar-refractivity contribution in [1.82, 2.24) is 4.90 Å². The van der Waals surface area contributed by atoms with Crippen molar-refractivity contribution >= 4 is 33.5 Å². The molecule has 1 fully saturated rings. The van der Waals surface area contributed by atoms with E-state index in [1.807, 2.05) is 0 Å². The minimum atomic E-state index is -4.33. The summed E-state index contributed by atoms with van der Waals surface area (Å²) in [7, 11) is -3.13. The maximum absolute atomic E-state index is 14.9. The van der Waals surface area contributed by atoms with Crippen molar-refractivity contribution in [2.75, 3.05) is 18.4 Å². The predicted octanol–water partition coefficient (Wildman–Crippen LogP) is 5.53. The van der Waals surface area contributed by atoms with E-state index in [2.05, 4.69) is 4.72 Å². The summed E-state index contributed by atoms with van der Waals surface area (Å²) in [6, 6.07) is 8.24. The highest BCUT2D eigenvalue weighted by Gasteiger charge is 2.33. The molecule has 0 unspecified atom stereocenters. The molecule has 0 aromatic heterocycles. The van der Waals surface area contributed by atoms with Crippen molar-refractivity contribution in [2.24, 2.45) is 0 Å². The van der Waals surface area contributed by atoms with Gasteiger partial charge in [-0.2, -0.15) is 5.26 Å². The number of methoxy groups -OCH3 is 1. The summed E-state index contributed by atoms with van der Waals surface area (Å²) in [6.45, 7) is 5.44. The molecule has 4 rings (SSSR count). The fourth-order valence-corrected chi connectivity index (χ4v) is 5.77. The topological polar surface area (TPSA) is 126 Å². The van der Waals surface area contributed by atoms with E-state index in [4.69, 9.17) is 9.47 Å². The number of rotatable bonds is 6. The van der Waals surface area contributed by atoms with E-state index < -0.39 is 33.5 Å². The van der Waals surface area contributed by atoms with Crippen molar-refractivity contribution < 1.29 is 31.9 Å². The van der Waals surface area contributed by atoms with Crippen LogP contribution in [0.5, 0.6) is 0 Å². The Labute approximate surface area is 227 Å². The first-order valence-corrected chi connectivity index (χ1v) is 14.0. The number of nitriles is 1. The number of ether oxygens (including phenoxy) is 2. The third kappa shape index (κ3) is 6.23. The Bertz CT molecular complexity index is 1500. The Morgan fingerprint density at radius 1 is 1.18 bits per heavy atom. The van der Waals surface area contributed by atoms with Gasteiger partial charge in [-0.25, -0.2) is 22.4 Å². The molecule has 2 aromatic carbocycles. The van der Waals surface area contributed by atoms with E-state index in [1.54, 1.807) is 39.0 Å².